The van der Waals surface area contributed by atoms with Crippen molar-refractivity contribution in [3.8, 4) is 0 Å². The van der Waals surface area contributed by atoms with Crippen LogP contribution in [0.1, 0.15) is 28.9 Å². The van der Waals surface area contributed by atoms with Gasteiger partial charge in [-0.15, -0.1) is 12.4 Å². The molecule has 0 unspecified atom stereocenters. The Kier molecular flexibility index (Phi) is 3.43. The minimum atomic E-state index is -0.189. The first kappa shape index (κ1) is 12.8. The van der Waals surface area contributed by atoms with Gasteiger partial charge in [-0.2, -0.15) is 0 Å². The third kappa shape index (κ3) is 1.96. The summed E-state index contributed by atoms with van der Waals surface area (Å²) in [6.45, 7) is 1.85. The van der Waals surface area contributed by atoms with Crippen molar-refractivity contribution in [1.29, 1.82) is 0 Å². The number of nitrogens with zero attached hydrogens (tertiary/aromatic N) is 1. The molecule has 1 N–H and O–H groups in total. The first-order valence-electron chi connectivity index (χ1n) is 5.61. The quantitative estimate of drug-likeness (QED) is 0.788. The summed E-state index contributed by atoms with van der Waals surface area (Å²) in [5, 5.41) is 3.85. The van der Waals surface area contributed by atoms with Crippen LogP contribution < -0.4 is 5.32 Å². The predicted octanol–water partition coefficient (Wildman–Crippen LogP) is 2.27. The van der Waals surface area contributed by atoms with E-state index < -0.39 is 0 Å². The standard InChI is InChI=1S/C12H13ClN2O.ClH/c13-8-5-9-10(15-7-8)6-12(11(9)16)1-3-14-4-2-12;/h5,7,14H,1-4,6H2;1H. The molecule has 17 heavy (non-hydrogen) atoms. The van der Waals surface area contributed by atoms with Gasteiger partial charge in [-0.3, -0.25) is 9.78 Å². The fourth-order valence-electron chi connectivity index (χ4n) is 2.80. The van der Waals surface area contributed by atoms with Crippen LogP contribution in [-0.4, -0.2) is 23.9 Å². The highest BCUT2D eigenvalue weighted by molar-refractivity contribution is 6.31. The number of Topliss-reactive ketones (excluding diaryl/α,β-unsaturated/α-hetero) is 1. The Morgan fingerprint density at radius 3 is 2.76 bits per heavy atom. The molecular weight excluding hydrogens is 259 g/mol. The van der Waals surface area contributed by atoms with Crippen molar-refractivity contribution in [2.75, 3.05) is 13.1 Å². The van der Waals surface area contributed by atoms with Gasteiger partial charge in [-0.05, 0) is 32.0 Å². The summed E-state index contributed by atoms with van der Waals surface area (Å²) >= 11 is 5.89. The summed E-state index contributed by atoms with van der Waals surface area (Å²) < 4.78 is 0. The topological polar surface area (TPSA) is 42.0 Å². The van der Waals surface area contributed by atoms with Crippen molar-refractivity contribution in [3.63, 3.8) is 0 Å². The number of aromatic nitrogens is 1. The highest BCUT2D eigenvalue weighted by Gasteiger charge is 2.46. The minimum absolute atomic E-state index is 0. The number of fused-ring (bicyclic) bond motifs is 1. The molecule has 0 bridgehead atoms. The molecule has 0 saturated carbocycles. The van der Waals surface area contributed by atoms with Crippen LogP contribution in [0.15, 0.2) is 12.3 Å². The lowest BCUT2D eigenvalue weighted by Crippen LogP contribution is -2.40. The molecule has 0 radical (unpaired) electrons. The lowest BCUT2D eigenvalue weighted by atomic mass is 9.76. The number of rotatable bonds is 0. The summed E-state index contributed by atoms with van der Waals surface area (Å²) in [5.41, 5.74) is 1.48. The summed E-state index contributed by atoms with van der Waals surface area (Å²) in [5.74, 6) is 0.249. The lowest BCUT2D eigenvalue weighted by Gasteiger charge is -2.31. The molecule has 1 aromatic heterocycles. The largest absolute Gasteiger partial charge is 0.317 e. The van der Waals surface area contributed by atoms with Gasteiger partial charge in [-0.1, -0.05) is 11.6 Å². The number of ketones is 1. The Bertz CT molecular complexity index is 456. The van der Waals surface area contributed by atoms with E-state index in [9.17, 15) is 4.79 Å². The van der Waals surface area contributed by atoms with Gasteiger partial charge in [-0.25, -0.2) is 0 Å². The van der Waals surface area contributed by atoms with E-state index in [4.69, 9.17) is 11.6 Å². The summed E-state index contributed by atoms with van der Waals surface area (Å²) in [4.78, 5) is 16.7. The summed E-state index contributed by atoms with van der Waals surface area (Å²) in [7, 11) is 0. The van der Waals surface area contributed by atoms with Gasteiger partial charge in [0.15, 0.2) is 5.78 Å². The highest BCUT2D eigenvalue weighted by atomic mass is 35.5. The molecular formula is C12H14Cl2N2O. The molecule has 3 rings (SSSR count). The molecule has 1 aliphatic heterocycles. The molecule has 1 aliphatic carbocycles. The third-order valence-corrected chi connectivity index (χ3v) is 3.94. The molecule has 2 heterocycles. The zero-order valence-electron chi connectivity index (χ0n) is 9.33. The first-order chi connectivity index (χ1) is 7.71. The maximum absolute atomic E-state index is 12.4. The Hall–Kier alpha value is -0.640. The van der Waals surface area contributed by atoms with Crippen LogP contribution in [0.25, 0.3) is 0 Å². The van der Waals surface area contributed by atoms with Gasteiger partial charge in [0.2, 0.25) is 0 Å². The van der Waals surface area contributed by atoms with E-state index in [2.05, 4.69) is 10.3 Å². The Labute approximate surface area is 111 Å². The lowest BCUT2D eigenvalue weighted by molar-refractivity contribution is 0.0761. The molecule has 92 valence electrons. The number of nitrogens with one attached hydrogen (secondary N) is 1. The van der Waals surface area contributed by atoms with Crippen LogP contribution in [0, 0.1) is 5.41 Å². The SMILES string of the molecule is Cl.O=C1c2cc(Cl)cnc2CC12CCNCC2. The molecule has 2 aliphatic rings. The van der Waals surface area contributed by atoms with Gasteiger partial charge in [0.25, 0.3) is 0 Å². The molecule has 0 amide bonds. The van der Waals surface area contributed by atoms with Crippen LogP contribution >= 0.6 is 24.0 Å². The molecule has 5 heteroatoms. The molecule has 1 spiro atoms. The van der Waals surface area contributed by atoms with Crippen LogP contribution in [0.2, 0.25) is 5.02 Å². The van der Waals surface area contributed by atoms with E-state index in [1.165, 1.54) is 0 Å². The zero-order chi connectivity index (χ0) is 11.2. The number of hydrogen-bond donors (Lipinski definition) is 1. The van der Waals surface area contributed by atoms with E-state index in [-0.39, 0.29) is 23.6 Å². The summed E-state index contributed by atoms with van der Waals surface area (Å²) in [6.07, 6.45) is 4.26. The zero-order valence-corrected chi connectivity index (χ0v) is 10.9. The normalized spacial score (nSPS) is 21.1. The number of pyridine rings is 1. The second-order valence-electron chi connectivity index (χ2n) is 4.68. The van der Waals surface area contributed by atoms with Crippen molar-refractivity contribution in [3.05, 3.63) is 28.5 Å². The smallest absolute Gasteiger partial charge is 0.171 e. The van der Waals surface area contributed by atoms with Crippen molar-refractivity contribution < 1.29 is 4.79 Å². The fraction of sp³-hybridized carbons (Fsp3) is 0.500. The average Bonchev–Trinajstić information content (AvgIpc) is 2.55. The molecule has 1 aromatic rings. The Morgan fingerprint density at radius 2 is 2.06 bits per heavy atom. The molecule has 0 aromatic carbocycles. The van der Waals surface area contributed by atoms with E-state index >= 15 is 0 Å². The third-order valence-electron chi connectivity index (χ3n) is 3.73. The van der Waals surface area contributed by atoms with Crippen molar-refractivity contribution in [2.24, 2.45) is 5.41 Å². The van der Waals surface area contributed by atoms with Gasteiger partial charge < -0.3 is 5.32 Å². The Balaban J connectivity index is 0.00000108. The van der Waals surface area contributed by atoms with Crippen molar-refractivity contribution in [1.82, 2.24) is 10.3 Å². The molecule has 3 nitrogen and oxygen atoms in total. The van der Waals surface area contributed by atoms with E-state index in [0.717, 1.165) is 43.6 Å². The van der Waals surface area contributed by atoms with Gasteiger partial charge in [0.1, 0.15) is 0 Å². The average molecular weight is 273 g/mol. The molecule has 0 atom stereocenters. The predicted molar refractivity (Wildman–Crippen MR) is 69.1 cm³/mol. The van der Waals surface area contributed by atoms with Gasteiger partial charge in [0, 0.05) is 23.6 Å². The van der Waals surface area contributed by atoms with Crippen LogP contribution in [0.5, 0.6) is 0 Å². The number of halogens is 2. The monoisotopic (exact) mass is 272 g/mol. The molecule has 1 fully saturated rings. The summed E-state index contributed by atoms with van der Waals surface area (Å²) in [6, 6.07) is 1.77. The fourth-order valence-corrected chi connectivity index (χ4v) is 2.96. The molecule has 1 saturated heterocycles. The number of carbonyl (C=O) groups is 1. The van der Waals surface area contributed by atoms with Gasteiger partial charge >= 0.3 is 0 Å². The number of carbonyl (C=O) groups excluding carboxylic acids is 1. The first-order valence-corrected chi connectivity index (χ1v) is 5.99. The van der Waals surface area contributed by atoms with Crippen LogP contribution in [0.3, 0.4) is 0 Å². The van der Waals surface area contributed by atoms with Crippen LogP contribution in [0.4, 0.5) is 0 Å². The number of piperidine rings is 1. The highest BCUT2D eigenvalue weighted by Crippen LogP contribution is 2.42. The maximum atomic E-state index is 12.4. The van der Waals surface area contributed by atoms with Gasteiger partial charge in [0.05, 0.1) is 10.7 Å². The van der Waals surface area contributed by atoms with E-state index in [0.29, 0.717) is 5.02 Å². The minimum Gasteiger partial charge on any atom is -0.317 e. The second kappa shape index (κ2) is 4.56. The maximum Gasteiger partial charge on any atom is 0.171 e. The number of hydrogen-bond acceptors (Lipinski definition) is 3. The van der Waals surface area contributed by atoms with Crippen LogP contribution in [-0.2, 0) is 6.42 Å². The Morgan fingerprint density at radius 1 is 1.35 bits per heavy atom. The van der Waals surface area contributed by atoms with Crippen molar-refractivity contribution in [2.45, 2.75) is 19.3 Å². The van der Waals surface area contributed by atoms with E-state index in [1.54, 1.807) is 12.3 Å². The second-order valence-corrected chi connectivity index (χ2v) is 5.12. The van der Waals surface area contributed by atoms with Crippen molar-refractivity contribution >= 4 is 29.8 Å². The van der Waals surface area contributed by atoms with E-state index in [1.807, 2.05) is 0 Å².